The highest BCUT2D eigenvalue weighted by molar-refractivity contribution is 6.07. The maximum atomic E-state index is 6.09. The molecule has 20 heavy (non-hydrogen) atoms. The van der Waals surface area contributed by atoms with Gasteiger partial charge in [-0.05, 0) is 47.6 Å². The van der Waals surface area contributed by atoms with Crippen LogP contribution in [0.5, 0.6) is 0 Å². The number of para-hydroxylation sites is 1. The average Bonchev–Trinajstić information content (AvgIpc) is 2.75. The fourth-order valence-corrected chi connectivity index (χ4v) is 3.36. The number of hydrogen-bond donors (Lipinski definition) is 0. The Morgan fingerprint density at radius 2 is 1.60 bits per heavy atom. The zero-order chi connectivity index (χ0) is 14.4. The molecule has 0 spiro atoms. The van der Waals surface area contributed by atoms with Gasteiger partial charge in [-0.15, -0.1) is 0 Å². The highest BCUT2D eigenvalue weighted by Crippen LogP contribution is 2.39. The summed E-state index contributed by atoms with van der Waals surface area (Å²) in [5, 5.41) is 2.54. The van der Waals surface area contributed by atoms with Gasteiger partial charge in [-0.25, -0.2) is 0 Å². The third kappa shape index (κ3) is 1.84. The monoisotopic (exact) mass is 266 g/mol. The SMILES string of the molecule is Cc1c(C(C)C)cc2oc3ccccc3c2c1C(C)C. The van der Waals surface area contributed by atoms with E-state index in [1.54, 1.807) is 0 Å². The van der Waals surface area contributed by atoms with E-state index in [1.165, 1.54) is 27.5 Å². The Bertz CT molecular complexity index is 775. The van der Waals surface area contributed by atoms with Crippen molar-refractivity contribution in [2.45, 2.75) is 46.5 Å². The molecule has 2 aromatic carbocycles. The molecule has 0 fully saturated rings. The Hall–Kier alpha value is -1.76. The summed E-state index contributed by atoms with van der Waals surface area (Å²) in [5.41, 5.74) is 6.29. The van der Waals surface area contributed by atoms with Gasteiger partial charge in [0.05, 0.1) is 0 Å². The molecule has 0 unspecified atom stereocenters. The molecule has 1 aromatic heterocycles. The first-order chi connectivity index (χ1) is 9.50. The molecule has 3 rings (SSSR count). The summed E-state index contributed by atoms with van der Waals surface area (Å²) < 4.78 is 6.09. The molecule has 1 heteroatoms. The van der Waals surface area contributed by atoms with Crippen LogP contribution in [0.15, 0.2) is 34.7 Å². The third-order valence-electron chi connectivity index (χ3n) is 4.22. The molecule has 0 bridgehead atoms. The van der Waals surface area contributed by atoms with Crippen LogP contribution in [0.4, 0.5) is 0 Å². The van der Waals surface area contributed by atoms with Crippen LogP contribution in [-0.4, -0.2) is 0 Å². The van der Waals surface area contributed by atoms with Crippen molar-refractivity contribution in [3.8, 4) is 0 Å². The molecule has 1 heterocycles. The lowest BCUT2D eigenvalue weighted by molar-refractivity contribution is 0.666. The van der Waals surface area contributed by atoms with Crippen LogP contribution in [0, 0.1) is 6.92 Å². The second kappa shape index (κ2) is 4.66. The largest absolute Gasteiger partial charge is 0.456 e. The Kier molecular flexibility index (Phi) is 3.08. The zero-order valence-corrected chi connectivity index (χ0v) is 12.9. The van der Waals surface area contributed by atoms with Crippen LogP contribution in [-0.2, 0) is 0 Å². The summed E-state index contributed by atoms with van der Waals surface area (Å²) in [5.74, 6) is 1.02. The summed E-state index contributed by atoms with van der Waals surface area (Å²) in [6, 6.07) is 10.6. The normalized spacial score (nSPS) is 12.2. The van der Waals surface area contributed by atoms with E-state index in [1.807, 2.05) is 6.07 Å². The molecule has 0 aliphatic heterocycles. The maximum absolute atomic E-state index is 6.09. The van der Waals surface area contributed by atoms with E-state index in [-0.39, 0.29) is 0 Å². The van der Waals surface area contributed by atoms with Crippen LogP contribution in [0.1, 0.15) is 56.2 Å². The molecule has 3 aromatic rings. The second-order valence-electron chi connectivity index (χ2n) is 6.29. The van der Waals surface area contributed by atoms with Crippen molar-refractivity contribution in [2.24, 2.45) is 0 Å². The quantitative estimate of drug-likeness (QED) is 0.543. The summed E-state index contributed by atoms with van der Waals surface area (Å²) in [4.78, 5) is 0. The molecule has 0 radical (unpaired) electrons. The minimum atomic E-state index is 0.497. The summed E-state index contributed by atoms with van der Waals surface area (Å²) in [6.07, 6.45) is 0. The number of benzene rings is 2. The zero-order valence-electron chi connectivity index (χ0n) is 12.9. The Labute approximate surface area is 120 Å². The lowest BCUT2D eigenvalue weighted by Gasteiger charge is -2.18. The van der Waals surface area contributed by atoms with Crippen molar-refractivity contribution >= 4 is 21.9 Å². The summed E-state index contributed by atoms with van der Waals surface area (Å²) in [7, 11) is 0. The van der Waals surface area contributed by atoms with E-state index in [0.717, 1.165) is 11.2 Å². The van der Waals surface area contributed by atoms with Crippen LogP contribution in [0.3, 0.4) is 0 Å². The average molecular weight is 266 g/mol. The van der Waals surface area contributed by atoms with Crippen molar-refractivity contribution in [3.63, 3.8) is 0 Å². The van der Waals surface area contributed by atoms with Gasteiger partial charge in [0.25, 0.3) is 0 Å². The molecule has 0 saturated carbocycles. The Morgan fingerprint density at radius 1 is 0.900 bits per heavy atom. The predicted octanol–water partition coefficient (Wildman–Crippen LogP) is 6.14. The van der Waals surface area contributed by atoms with Gasteiger partial charge < -0.3 is 4.42 Å². The lowest BCUT2D eigenvalue weighted by atomic mass is 9.86. The molecular weight excluding hydrogens is 244 g/mol. The van der Waals surface area contributed by atoms with Gasteiger partial charge in [0.1, 0.15) is 11.2 Å². The highest BCUT2D eigenvalue weighted by Gasteiger charge is 2.19. The first kappa shape index (κ1) is 13.2. The minimum absolute atomic E-state index is 0.497. The number of hydrogen-bond acceptors (Lipinski definition) is 1. The van der Waals surface area contributed by atoms with Crippen LogP contribution in [0.25, 0.3) is 21.9 Å². The van der Waals surface area contributed by atoms with Gasteiger partial charge in [-0.3, -0.25) is 0 Å². The van der Waals surface area contributed by atoms with E-state index in [4.69, 9.17) is 4.42 Å². The second-order valence-corrected chi connectivity index (χ2v) is 6.29. The van der Waals surface area contributed by atoms with Crippen LogP contribution < -0.4 is 0 Å². The predicted molar refractivity (Wildman–Crippen MR) is 86.6 cm³/mol. The van der Waals surface area contributed by atoms with Crippen molar-refractivity contribution < 1.29 is 4.42 Å². The van der Waals surface area contributed by atoms with Crippen LogP contribution in [0.2, 0.25) is 0 Å². The number of rotatable bonds is 2. The molecule has 0 amide bonds. The number of furan rings is 1. The smallest absolute Gasteiger partial charge is 0.136 e. The van der Waals surface area contributed by atoms with E-state index in [9.17, 15) is 0 Å². The first-order valence-corrected chi connectivity index (χ1v) is 7.45. The molecule has 0 saturated heterocycles. The van der Waals surface area contributed by atoms with Gasteiger partial charge in [0.2, 0.25) is 0 Å². The summed E-state index contributed by atoms with van der Waals surface area (Å²) >= 11 is 0. The topological polar surface area (TPSA) is 13.1 Å². The lowest BCUT2D eigenvalue weighted by Crippen LogP contribution is -2.00. The van der Waals surface area contributed by atoms with Gasteiger partial charge >= 0.3 is 0 Å². The Morgan fingerprint density at radius 3 is 2.25 bits per heavy atom. The summed E-state index contributed by atoms with van der Waals surface area (Å²) in [6.45, 7) is 11.3. The van der Waals surface area contributed by atoms with Crippen molar-refractivity contribution in [1.82, 2.24) is 0 Å². The molecule has 104 valence electrons. The van der Waals surface area contributed by atoms with Crippen molar-refractivity contribution in [1.29, 1.82) is 0 Å². The molecule has 0 N–H and O–H groups in total. The molecule has 0 aliphatic carbocycles. The van der Waals surface area contributed by atoms with Gasteiger partial charge in [-0.1, -0.05) is 45.9 Å². The molecule has 1 nitrogen and oxygen atoms in total. The van der Waals surface area contributed by atoms with E-state index < -0.39 is 0 Å². The van der Waals surface area contributed by atoms with Gasteiger partial charge in [0.15, 0.2) is 0 Å². The Balaban J connectivity index is 2.52. The maximum Gasteiger partial charge on any atom is 0.136 e. The first-order valence-electron chi connectivity index (χ1n) is 7.45. The number of fused-ring (bicyclic) bond motifs is 3. The molecule has 0 atom stereocenters. The van der Waals surface area contributed by atoms with E-state index in [2.05, 4.69) is 58.9 Å². The standard InChI is InChI=1S/C19H22O/c1-11(2)15-10-17-19(18(12(3)4)13(15)5)14-8-6-7-9-16(14)20-17/h6-12H,1-5H3. The van der Waals surface area contributed by atoms with Crippen molar-refractivity contribution in [3.05, 3.63) is 47.0 Å². The van der Waals surface area contributed by atoms with E-state index >= 15 is 0 Å². The third-order valence-corrected chi connectivity index (χ3v) is 4.22. The van der Waals surface area contributed by atoms with E-state index in [0.29, 0.717) is 11.8 Å². The fourth-order valence-electron chi connectivity index (χ4n) is 3.36. The molecule has 0 aliphatic rings. The van der Waals surface area contributed by atoms with Gasteiger partial charge in [-0.2, -0.15) is 0 Å². The van der Waals surface area contributed by atoms with Crippen LogP contribution >= 0.6 is 0 Å². The minimum Gasteiger partial charge on any atom is -0.456 e. The fraction of sp³-hybridized carbons (Fsp3) is 0.368. The van der Waals surface area contributed by atoms with Gasteiger partial charge in [0, 0.05) is 10.8 Å². The van der Waals surface area contributed by atoms with Crippen molar-refractivity contribution in [2.75, 3.05) is 0 Å². The molecular formula is C19H22O. The highest BCUT2D eigenvalue weighted by atomic mass is 16.3.